The summed E-state index contributed by atoms with van der Waals surface area (Å²) in [4.78, 5) is 27.9. The Labute approximate surface area is 238 Å². The van der Waals surface area contributed by atoms with Gasteiger partial charge < -0.3 is 10.2 Å². The Kier molecular flexibility index (Phi) is 10.4. The lowest BCUT2D eigenvalue weighted by atomic mass is 10.1. The molecule has 0 unspecified atom stereocenters. The molecule has 0 aliphatic rings. The summed E-state index contributed by atoms with van der Waals surface area (Å²) in [5.41, 5.74) is 0.646. The lowest BCUT2D eigenvalue weighted by molar-refractivity contribution is -0.139. The van der Waals surface area contributed by atoms with Crippen LogP contribution in [0.25, 0.3) is 0 Å². The normalized spacial score (nSPS) is 12.2. The van der Waals surface area contributed by atoms with Crippen LogP contribution in [0.2, 0.25) is 10.0 Å². The molecule has 0 aliphatic heterocycles. The van der Waals surface area contributed by atoms with Crippen molar-refractivity contribution in [1.29, 1.82) is 0 Å². The van der Waals surface area contributed by atoms with Gasteiger partial charge in [-0.1, -0.05) is 61.3 Å². The van der Waals surface area contributed by atoms with E-state index in [-0.39, 0.29) is 23.0 Å². The van der Waals surface area contributed by atoms with Crippen molar-refractivity contribution in [2.24, 2.45) is 5.92 Å². The van der Waals surface area contributed by atoms with Gasteiger partial charge in [-0.05, 0) is 61.4 Å². The summed E-state index contributed by atoms with van der Waals surface area (Å²) in [7, 11) is -4.29. The van der Waals surface area contributed by atoms with E-state index in [9.17, 15) is 22.4 Å². The summed E-state index contributed by atoms with van der Waals surface area (Å²) >= 11 is 12.7. The van der Waals surface area contributed by atoms with Crippen LogP contribution in [-0.4, -0.2) is 44.3 Å². The SMILES string of the molecule is CC(C)CNC(=O)[C@H](C)N(Cc1c(Cl)cccc1Cl)C(=O)CN(c1ccccc1)S(=O)(=O)c1ccc(F)cc1. The van der Waals surface area contributed by atoms with Crippen molar-refractivity contribution in [3.05, 3.63) is 94.2 Å². The Balaban J connectivity index is 2.02. The molecule has 39 heavy (non-hydrogen) atoms. The van der Waals surface area contributed by atoms with Gasteiger partial charge in [-0.2, -0.15) is 0 Å². The van der Waals surface area contributed by atoms with Gasteiger partial charge in [-0.25, -0.2) is 12.8 Å². The maximum atomic E-state index is 13.9. The first-order valence-corrected chi connectivity index (χ1v) is 14.4. The number of halogens is 3. The van der Waals surface area contributed by atoms with Crippen LogP contribution >= 0.6 is 23.2 Å². The highest BCUT2D eigenvalue weighted by molar-refractivity contribution is 7.92. The van der Waals surface area contributed by atoms with Crippen LogP contribution < -0.4 is 9.62 Å². The van der Waals surface area contributed by atoms with Gasteiger partial charge in [0.2, 0.25) is 11.8 Å². The Hall–Kier alpha value is -3.14. The quantitative estimate of drug-likeness (QED) is 0.317. The van der Waals surface area contributed by atoms with Crippen LogP contribution in [0.3, 0.4) is 0 Å². The topological polar surface area (TPSA) is 86.8 Å². The van der Waals surface area contributed by atoms with Crippen LogP contribution in [0.5, 0.6) is 0 Å². The fourth-order valence-corrected chi connectivity index (χ4v) is 5.68. The summed E-state index contributed by atoms with van der Waals surface area (Å²) in [6.07, 6.45) is 0. The van der Waals surface area contributed by atoms with E-state index >= 15 is 0 Å². The second-order valence-electron chi connectivity index (χ2n) is 9.34. The van der Waals surface area contributed by atoms with Gasteiger partial charge >= 0.3 is 0 Å². The van der Waals surface area contributed by atoms with Crippen molar-refractivity contribution >= 4 is 50.7 Å². The smallest absolute Gasteiger partial charge is 0.264 e. The number of anilines is 1. The molecule has 3 rings (SSSR count). The van der Waals surface area contributed by atoms with Gasteiger partial charge in [-0.3, -0.25) is 13.9 Å². The van der Waals surface area contributed by atoms with Crippen LogP contribution in [0.1, 0.15) is 26.3 Å². The standard InChI is InChI=1S/C28H30Cl2FN3O4S/c1-19(2)16-32-28(36)20(3)33(17-24-25(29)10-7-11-26(24)30)27(35)18-34(22-8-5-4-6-9-22)39(37,38)23-14-12-21(31)13-15-23/h4-15,19-20H,16-18H2,1-3H3,(H,32,36)/t20-/m0/s1. The minimum atomic E-state index is -4.29. The van der Waals surface area contributed by atoms with Crippen molar-refractivity contribution in [2.45, 2.75) is 38.3 Å². The Bertz CT molecular complexity index is 1380. The van der Waals surface area contributed by atoms with Crippen LogP contribution in [0, 0.1) is 11.7 Å². The van der Waals surface area contributed by atoms with Gasteiger partial charge in [0.1, 0.15) is 18.4 Å². The van der Waals surface area contributed by atoms with Crippen LogP contribution in [0.15, 0.2) is 77.7 Å². The monoisotopic (exact) mass is 593 g/mol. The van der Waals surface area contributed by atoms with Crippen molar-refractivity contribution in [3.63, 3.8) is 0 Å². The predicted octanol–water partition coefficient (Wildman–Crippen LogP) is 5.52. The number of carbonyl (C=O) groups is 2. The number of nitrogens with one attached hydrogen (secondary N) is 1. The number of sulfonamides is 1. The highest BCUT2D eigenvalue weighted by Gasteiger charge is 2.33. The fraction of sp³-hybridized carbons (Fsp3) is 0.286. The maximum absolute atomic E-state index is 13.9. The molecule has 0 saturated heterocycles. The van der Waals surface area contributed by atoms with Gasteiger partial charge in [-0.15, -0.1) is 0 Å². The number of hydrogen-bond acceptors (Lipinski definition) is 4. The number of rotatable bonds is 11. The van der Waals surface area contributed by atoms with E-state index in [1.165, 1.54) is 4.90 Å². The van der Waals surface area contributed by atoms with Crippen molar-refractivity contribution < 1.29 is 22.4 Å². The average Bonchev–Trinajstić information content (AvgIpc) is 2.90. The zero-order valence-corrected chi connectivity index (χ0v) is 24.1. The molecular formula is C28H30Cl2FN3O4S. The first-order valence-electron chi connectivity index (χ1n) is 12.2. The molecular weight excluding hydrogens is 564 g/mol. The van der Waals surface area contributed by atoms with E-state index in [0.29, 0.717) is 22.2 Å². The molecule has 11 heteroatoms. The lowest BCUT2D eigenvalue weighted by Gasteiger charge is -2.32. The highest BCUT2D eigenvalue weighted by atomic mass is 35.5. The number of nitrogens with zero attached hydrogens (tertiary/aromatic N) is 2. The third-order valence-electron chi connectivity index (χ3n) is 5.97. The maximum Gasteiger partial charge on any atom is 0.264 e. The van der Waals surface area contributed by atoms with E-state index in [1.807, 2.05) is 13.8 Å². The molecule has 0 fully saturated rings. The number of benzene rings is 3. The molecule has 3 aromatic carbocycles. The third kappa shape index (κ3) is 7.71. The van der Waals surface area contributed by atoms with Crippen molar-refractivity contribution in [1.82, 2.24) is 10.2 Å². The average molecular weight is 595 g/mol. The lowest BCUT2D eigenvalue weighted by Crippen LogP contribution is -2.51. The summed E-state index contributed by atoms with van der Waals surface area (Å²) in [6, 6.07) is 16.3. The fourth-order valence-electron chi connectivity index (χ4n) is 3.75. The molecule has 3 aromatic rings. The molecule has 0 aromatic heterocycles. The number of amides is 2. The van der Waals surface area contributed by atoms with Crippen LogP contribution in [0.4, 0.5) is 10.1 Å². The molecule has 0 heterocycles. The van der Waals surface area contributed by atoms with Gasteiger partial charge in [0.25, 0.3) is 10.0 Å². The van der Waals surface area contributed by atoms with Gasteiger partial charge in [0, 0.05) is 28.7 Å². The molecule has 2 amide bonds. The molecule has 0 radical (unpaired) electrons. The molecule has 0 saturated carbocycles. The molecule has 0 spiro atoms. The van der Waals surface area contributed by atoms with Crippen LogP contribution in [-0.2, 0) is 26.2 Å². The zero-order valence-electron chi connectivity index (χ0n) is 21.8. The third-order valence-corrected chi connectivity index (χ3v) is 8.46. The molecule has 0 bridgehead atoms. The van der Waals surface area contributed by atoms with Crippen molar-refractivity contribution in [2.75, 3.05) is 17.4 Å². The summed E-state index contributed by atoms with van der Waals surface area (Å²) < 4.78 is 41.8. The largest absolute Gasteiger partial charge is 0.354 e. The van der Waals surface area contributed by atoms with Gasteiger partial charge in [0.05, 0.1) is 10.6 Å². The number of carbonyl (C=O) groups excluding carboxylic acids is 2. The second kappa shape index (κ2) is 13.3. The first kappa shape index (κ1) is 30.4. The predicted molar refractivity (Wildman–Crippen MR) is 152 cm³/mol. The Morgan fingerprint density at radius 2 is 1.49 bits per heavy atom. The molecule has 7 nitrogen and oxygen atoms in total. The second-order valence-corrected chi connectivity index (χ2v) is 12.0. The summed E-state index contributed by atoms with van der Waals surface area (Å²) in [5, 5.41) is 3.41. The summed E-state index contributed by atoms with van der Waals surface area (Å²) in [6.45, 7) is 5.07. The Morgan fingerprint density at radius 1 is 0.897 bits per heavy atom. The Morgan fingerprint density at radius 3 is 2.05 bits per heavy atom. The van der Waals surface area contributed by atoms with E-state index in [2.05, 4.69) is 5.32 Å². The summed E-state index contributed by atoms with van der Waals surface area (Å²) in [5.74, 6) is -1.49. The highest BCUT2D eigenvalue weighted by Crippen LogP contribution is 2.28. The van der Waals surface area contributed by atoms with E-state index < -0.39 is 40.2 Å². The minimum absolute atomic E-state index is 0.132. The minimum Gasteiger partial charge on any atom is -0.354 e. The number of para-hydroxylation sites is 1. The molecule has 208 valence electrons. The number of hydrogen-bond donors (Lipinski definition) is 1. The van der Waals surface area contributed by atoms with E-state index in [4.69, 9.17) is 23.2 Å². The van der Waals surface area contributed by atoms with Crippen molar-refractivity contribution in [3.8, 4) is 0 Å². The van der Waals surface area contributed by atoms with E-state index in [1.54, 1.807) is 55.5 Å². The molecule has 1 N–H and O–H groups in total. The molecule has 0 aliphatic carbocycles. The first-order chi connectivity index (χ1) is 18.4. The zero-order chi connectivity index (χ0) is 28.7. The molecule has 1 atom stereocenters. The van der Waals surface area contributed by atoms with E-state index in [0.717, 1.165) is 28.6 Å². The van der Waals surface area contributed by atoms with Gasteiger partial charge in [0.15, 0.2) is 0 Å².